The quantitative estimate of drug-likeness (QED) is 0.336. The predicted molar refractivity (Wildman–Crippen MR) is 51.5 cm³/mol. The summed E-state index contributed by atoms with van der Waals surface area (Å²) in [6.07, 6.45) is 0.394. The van der Waals surface area contributed by atoms with Gasteiger partial charge >= 0.3 is 11.9 Å². The highest BCUT2D eigenvalue weighted by Gasteiger charge is 2.13. The minimum atomic E-state index is -1.53. The Kier molecular flexibility index (Phi) is 3.90. The van der Waals surface area contributed by atoms with Gasteiger partial charge in [-0.15, -0.1) is 0 Å². The van der Waals surface area contributed by atoms with Crippen molar-refractivity contribution in [2.45, 2.75) is 0 Å². The van der Waals surface area contributed by atoms with Crippen molar-refractivity contribution in [1.82, 2.24) is 0 Å². The molecular weight excluding hydrogens is 216 g/mol. The van der Waals surface area contributed by atoms with E-state index in [0.29, 0.717) is 6.08 Å². The molecule has 6 nitrogen and oxygen atoms in total. The molecule has 0 amide bonds. The summed E-state index contributed by atoms with van der Waals surface area (Å²) < 4.78 is 0. The monoisotopic (exact) mass is 224 g/mol. The van der Waals surface area contributed by atoms with Crippen LogP contribution in [-0.2, 0) is 14.5 Å². The Morgan fingerprint density at radius 3 is 2.25 bits per heavy atom. The highest BCUT2D eigenvalue weighted by Crippen LogP contribution is 2.10. The van der Waals surface area contributed by atoms with Crippen molar-refractivity contribution in [3.8, 4) is 5.75 Å². The lowest BCUT2D eigenvalue weighted by molar-refractivity contribution is -0.183. The molecule has 0 bridgehead atoms. The molecule has 0 atom stereocenters. The lowest BCUT2D eigenvalue weighted by Crippen LogP contribution is -2.09. The van der Waals surface area contributed by atoms with Gasteiger partial charge in [-0.2, -0.15) is 0 Å². The summed E-state index contributed by atoms with van der Waals surface area (Å²) in [6.45, 7) is 0. The molecular formula is C10H8O6. The van der Waals surface area contributed by atoms with Crippen LogP contribution in [0, 0.1) is 0 Å². The van der Waals surface area contributed by atoms with Crippen LogP contribution < -0.4 is 4.89 Å². The fourth-order valence-corrected chi connectivity index (χ4v) is 0.803. The Morgan fingerprint density at radius 2 is 1.75 bits per heavy atom. The van der Waals surface area contributed by atoms with E-state index in [4.69, 9.17) is 10.2 Å². The average molecular weight is 224 g/mol. The number of benzene rings is 1. The van der Waals surface area contributed by atoms with Crippen molar-refractivity contribution in [2.75, 3.05) is 0 Å². The van der Waals surface area contributed by atoms with Gasteiger partial charge in [-0.1, -0.05) is 18.2 Å². The summed E-state index contributed by atoms with van der Waals surface area (Å²) in [5.41, 5.74) is 0. The van der Waals surface area contributed by atoms with Crippen molar-refractivity contribution in [3.63, 3.8) is 0 Å². The van der Waals surface area contributed by atoms with Gasteiger partial charge in [0.05, 0.1) is 6.08 Å². The van der Waals surface area contributed by atoms with Crippen molar-refractivity contribution in [2.24, 2.45) is 0 Å². The Morgan fingerprint density at radius 1 is 1.12 bits per heavy atom. The van der Waals surface area contributed by atoms with Gasteiger partial charge in [-0.05, 0) is 12.1 Å². The summed E-state index contributed by atoms with van der Waals surface area (Å²) in [4.78, 5) is 29.8. The van der Waals surface area contributed by atoms with Crippen molar-refractivity contribution < 1.29 is 29.6 Å². The minimum absolute atomic E-state index is 0.264. The van der Waals surface area contributed by atoms with Crippen LogP contribution in [0.2, 0.25) is 0 Å². The first-order valence-electron chi connectivity index (χ1n) is 4.17. The second-order valence-electron chi connectivity index (χ2n) is 2.63. The number of para-hydroxylation sites is 1. The molecule has 2 N–H and O–H groups in total. The molecule has 6 heteroatoms. The van der Waals surface area contributed by atoms with Crippen molar-refractivity contribution in [3.05, 3.63) is 42.2 Å². The summed E-state index contributed by atoms with van der Waals surface area (Å²) in [7, 11) is 0. The fourth-order valence-electron chi connectivity index (χ4n) is 0.803. The zero-order valence-corrected chi connectivity index (χ0v) is 7.99. The molecule has 0 aromatic heterocycles. The molecule has 84 valence electrons. The first-order valence-corrected chi connectivity index (χ1v) is 4.17. The summed E-state index contributed by atoms with van der Waals surface area (Å²) in [6, 6.07) is 8.10. The zero-order valence-electron chi connectivity index (χ0n) is 7.99. The highest BCUT2D eigenvalue weighted by molar-refractivity contribution is 5.92. The number of rotatable bonds is 5. The topological polar surface area (TPSA) is 93.1 Å². The van der Waals surface area contributed by atoms with Crippen LogP contribution in [-0.4, -0.2) is 22.2 Å². The summed E-state index contributed by atoms with van der Waals surface area (Å²) in [5.74, 6) is -3.51. The van der Waals surface area contributed by atoms with Crippen LogP contribution in [0.4, 0.5) is 0 Å². The van der Waals surface area contributed by atoms with Crippen LogP contribution in [0.5, 0.6) is 5.75 Å². The van der Waals surface area contributed by atoms with Crippen molar-refractivity contribution >= 4 is 11.9 Å². The van der Waals surface area contributed by atoms with E-state index in [1.54, 1.807) is 18.2 Å². The van der Waals surface area contributed by atoms with Crippen LogP contribution in [0.15, 0.2) is 42.2 Å². The number of carbonyl (C=O) groups is 2. The van der Waals surface area contributed by atoms with E-state index in [2.05, 4.69) is 9.78 Å². The van der Waals surface area contributed by atoms with Crippen LogP contribution >= 0.6 is 0 Å². The summed E-state index contributed by atoms with van der Waals surface area (Å²) in [5, 5.41) is 16.9. The minimum Gasteiger partial charge on any atom is -0.478 e. The lowest BCUT2D eigenvalue weighted by Gasteiger charge is -2.04. The largest absolute Gasteiger partial charge is 0.478 e. The van der Waals surface area contributed by atoms with Crippen molar-refractivity contribution in [1.29, 1.82) is 0 Å². The standard InChI is InChI=1S/C10H8O6/c11-9(12)6-8(10(13)14)16-15-7-4-2-1-3-5-7/h1-6H,(H,11,12)(H,13,14). The SMILES string of the molecule is O=C(O)C=C(OOc1ccccc1)C(=O)O. The molecule has 1 rings (SSSR count). The maximum atomic E-state index is 10.5. The van der Waals surface area contributed by atoms with Gasteiger partial charge in [0.1, 0.15) is 0 Å². The molecule has 0 radical (unpaired) electrons. The second kappa shape index (κ2) is 5.40. The molecule has 0 aliphatic carbocycles. The molecule has 0 unspecified atom stereocenters. The van der Waals surface area contributed by atoms with Gasteiger partial charge < -0.3 is 10.2 Å². The number of carboxylic acid groups (broad SMARTS) is 2. The van der Waals surface area contributed by atoms with Gasteiger partial charge in [0.15, 0.2) is 5.75 Å². The third kappa shape index (κ3) is 3.70. The fraction of sp³-hybridized carbons (Fsp3) is 0. The molecule has 1 aromatic rings. The van der Waals surface area contributed by atoms with E-state index >= 15 is 0 Å². The Hall–Kier alpha value is -2.50. The molecule has 1 aromatic carbocycles. The molecule has 0 saturated carbocycles. The van der Waals surface area contributed by atoms with Gasteiger partial charge in [-0.25, -0.2) is 9.59 Å². The third-order valence-corrected chi connectivity index (χ3v) is 1.44. The van der Waals surface area contributed by atoms with E-state index in [0.717, 1.165) is 0 Å². The number of hydrogen-bond donors (Lipinski definition) is 2. The third-order valence-electron chi connectivity index (χ3n) is 1.44. The Bertz CT molecular complexity index is 409. The first-order chi connectivity index (χ1) is 7.59. The summed E-state index contributed by atoms with van der Waals surface area (Å²) >= 11 is 0. The normalized spacial score (nSPS) is 10.6. The molecule has 0 fully saturated rings. The maximum Gasteiger partial charge on any atom is 0.376 e. The number of aliphatic carboxylic acids is 2. The van der Waals surface area contributed by atoms with E-state index in [9.17, 15) is 9.59 Å². The predicted octanol–water partition coefficient (Wildman–Crippen LogP) is 1.05. The first kappa shape index (κ1) is 11.6. The van der Waals surface area contributed by atoms with E-state index in [1.807, 2.05) is 0 Å². The number of hydrogen-bond acceptors (Lipinski definition) is 4. The highest BCUT2D eigenvalue weighted by atomic mass is 17.2. The van der Waals surface area contributed by atoms with Crippen LogP contribution in [0.25, 0.3) is 0 Å². The number of carboxylic acids is 2. The van der Waals surface area contributed by atoms with E-state index in [1.165, 1.54) is 12.1 Å². The van der Waals surface area contributed by atoms with E-state index in [-0.39, 0.29) is 5.75 Å². The molecule has 0 spiro atoms. The maximum absolute atomic E-state index is 10.5. The molecule has 16 heavy (non-hydrogen) atoms. The average Bonchev–Trinajstić information content (AvgIpc) is 2.25. The van der Waals surface area contributed by atoms with Crippen LogP contribution in [0.1, 0.15) is 0 Å². The van der Waals surface area contributed by atoms with Gasteiger partial charge in [0, 0.05) is 0 Å². The Labute approximate surface area is 90.3 Å². The molecule has 0 aliphatic rings. The van der Waals surface area contributed by atoms with Gasteiger partial charge in [-0.3, -0.25) is 9.78 Å². The van der Waals surface area contributed by atoms with Crippen LogP contribution in [0.3, 0.4) is 0 Å². The Balaban J connectivity index is 2.65. The van der Waals surface area contributed by atoms with Gasteiger partial charge in [0.25, 0.3) is 5.76 Å². The molecule has 0 saturated heterocycles. The molecule has 0 aliphatic heterocycles. The second-order valence-corrected chi connectivity index (χ2v) is 2.63. The lowest BCUT2D eigenvalue weighted by atomic mass is 10.3. The molecule has 0 heterocycles. The smallest absolute Gasteiger partial charge is 0.376 e. The van der Waals surface area contributed by atoms with E-state index < -0.39 is 17.7 Å². The van der Waals surface area contributed by atoms with Gasteiger partial charge in [0.2, 0.25) is 0 Å². The zero-order chi connectivity index (χ0) is 12.0.